The van der Waals surface area contributed by atoms with Crippen LogP contribution >= 0.6 is 0 Å². The number of ether oxygens (including phenoxy) is 1. The van der Waals surface area contributed by atoms with Gasteiger partial charge >= 0.3 is 18.3 Å². The summed E-state index contributed by atoms with van der Waals surface area (Å²) in [6, 6.07) is 7.76. The molecular formula is C29H31F6NO3. The Balaban J connectivity index is 1.35. The summed E-state index contributed by atoms with van der Waals surface area (Å²) in [5.74, 6) is -2.90. The lowest BCUT2D eigenvalue weighted by Gasteiger charge is -2.47. The molecule has 2 aliphatic heterocycles. The monoisotopic (exact) mass is 555 g/mol. The number of nitrogens with zero attached hydrogens (tertiary/aromatic N) is 1. The van der Waals surface area contributed by atoms with Crippen LogP contribution in [0.5, 0.6) is 5.75 Å². The summed E-state index contributed by atoms with van der Waals surface area (Å²) in [5, 5.41) is 9.80. The predicted molar refractivity (Wildman–Crippen MR) is 134 cm³/mol. The van der Waals surface area contributed by atoms with E-state index in [-0.39, 0.29) is 54.8 Å². The van der Waals surface area contributed by atoms with Crippen LogP contribution in [-0.2, 0) is 11.0 Å². The lowest BCUT2D eigenvalue weighted by molar-refractivity contribution is -0.185. The van der Waals surface area contributed by atoms with Crippen molar-refractivity contribution in [1.29, 1.82) is 0 Å². The third kappa shape index (κ3) is 5.99. The van der Waals surface area contributed by atoms with E-state index in [1.165, 1.54) is 12.1 Å². The molecule has 3 fully saturated rings. The number of carboxylic acid groups (broad SMARTS) is 1. The number of carbonyl (C=O) groups is 1. The van der Waals surface area contributed by atoms with Crippen molar-refractivity contribution in [3.05, 3.63) is 47.7 Å². The highest BCUT2D eigenvalue weighted by molar-refractivity contribution is 5.90. The molecule has 10 heteroatoms. The molecule has 2 atom stereocenters. The van der Waals surface area contributed by atoms with Crippen molar-refractivity contribution in [2.24, 2.45) is 11.8 Å². The molecule has 212 valence electrons. The molecule has 0 aromatic heterocycles. The molecule has 1 aliphatic carbocycles. The summed E-state index contributed by atoms with van der Waals surface area (Å²) in [4.78, 5) is 13.7. The second-order valence-electron chi connectivity index (χ2n) is 11.1. The Morgan fingerprint density at radius 2 is 1.59 bits per heavy atom. The normalized spacial score (nSPS) is 28.2. The molecule has 0 spiro atoms. The van der Waals surface area contributed by atoms with Crippen LogP contribution in [0.1, 0.15) is 68.9 Å². The third-order valence-electron chi connectivity index (χ3n) is 8.54. The predicted octanol–water partition coefficient (Wildman–Crippen LogP) is 8.05. The molecule has 2 heterocycles. The quantitative estimate of drug-likeness (QED) is 0.380. The van der Waals surface area contributed by atoms with Crippen molar-refractivity contribution < 1.29 is 41.0 Å². The highest BCUT2D eigenvalue weighted by Crippen LogP contribution is 2.44. The summed E-state index contributed by atoms with van der Waals surface area (Å²) in [6.45, 7) is 0. The van der Waals surface area contributed by atoms with Gasteiger partial charge in [0.1, 0.15) is 11.3 Å². The average molecular weight is 556 g/mol. The van der Waals surface area contributed by atoms with Crippen LogP contribution in [-0.4, -0.2) is 40.3 Å². The Hall–Kier alpha value is -2.91. The maximum absolute atomic E-state index is 14.2. The van der Waals surface area contributed by atoms with Gasteiger partial charge in [0.15, 0.2) is 0 Å². The first-order valence-electron chi connectivity index (χ1n) is 13.5. The fourth-order valence-corrected chi connectivity index (χ4v) is 6.54. The summed E-state index contributed by atoms with van der Waals surface area (Å²) in [5.41, 5.74) is -0.202. The van der Waals surface area contributed by atoms with Crippen LogP contribution < -0.4 is 4.74 Å². The van der Waals surface area contributed by atoms with Gasteiger partial charge in [-0.15, -0.1) is 0 Å². The number of piperidine rings is 2. The fraction of sp³-hybridized carbons (Fsp3) is 0.552. The number of fused-ring (bicyclic) bond motifs is 3. The number of hydrogen-bond donors (Lipinski definition) is 1. The molecular weight excluding hydrogens is 524 g/mol. The molecule has 0 radical (unpaired) electrons. The van der Waals surface area contributed by atoms with Gasteiger partial charge in [-0.25, -0.2) is 0 Å². The van der Waals surface area contributed by atoms with Crippen LogP contribution in [0.4, 0.5) is 26.3 Å². The van der Waals surface area contributed by atoms with Gasteiger partial charge in [-0.2, -0.15) is 26.3 Å². The number of rotatable bonds is 5. The highest BCUT2D eigenvalue weighted by Gasteiger charge is 2.43. The lowest BCUT2D eigenvalue weighted by atomic mass is 9.78. The minimum absolute atomic E-state index is 0.0275. The molecule has 4 nitrogen and oxygen atoms in total. The first-order valence-corrected chi connectivity index (χ1v) is 13.5. The number of alkyl halides is 6. The molecule has 39 heavy (non-hydrogen) atoms. The summed E-state index contributed by atoms with van der Waals surface area (Å²) in [7, 11) is 0. The van der Waals surface area contributed by atoms with E-state index in [1.807, 2.05) is 12.3 Å². The van der Waals surface area contributed by atoms with Crippen LogP contribution in [0.3, 0.4) is 0 Å². The van der Waals surface area contributed by atoms with Crippen LogP contribution in [0.25, 0.3) is 16.8 Å². The first-order chi connectivity index (χ1) is 18.4. The lowest BCUT2D eigenvalue weighted by Crippen LogP contribution is -2.50. The fourth-order valence-electron chi connectivity index (χ4n) is 6.54. The average Bonchev–Trinajstić information content (AvgIpc) is 2.85. The standard InChI is InChI=1S/C29H31F6NO3/c30-28(31,32)20-6-8-23(9-7-20)39-25-11-5-18-14-17(4-10-24(18)26(25)29(33,34)35)12-13-36-21-2-1-3-22(36)16-19(15-21)27(37)38/h4-5,10-14,19-23H,1-3,6-9,15-16H2,(H,37,38). The summed E-state index contributed by atoms with van der Waals surface area (Å²) in [6.07, 6.45) is -2.08. The van der Waals surface area contributed by atoms with Crippen molar-refractivity contribution in [2.45, 2.75) is 88.3 Å². The van der Waals surface area contributed by atoms with Crippen LogP contribution in [0.2, 0.25) is 0 Å². The van der Waals surface area contributed by atoms with E-state index in [0.29, 0.717) is 23.8 Å². The zero-order valence-corrected chi connectivity index (χ0v) is 21.3. The topological polar surface area (TPSA) is 49.8 Å². The zero-order chi connectivity index (χ0) is 27.9. The van der Waals surface area contributed by atoms with Gasteiger partial charge in [0.05, 0.1) is 17.9 Å². The maximum atomic E-state index is 14.2. The van der Waals surface area contributed by atoms with E-state index < -0.39 is 35.9 Å². The van der Waals surface area contributed by atoms with Crippen LogP contribution in [0, 0.1) is 11.8 Å². The van der Waals surface area contributed by atoms with Gasteiger partial charge in [-0.3, -0.25) is 4.79 Å². The van der Waals surface area contributed by atoms with E-state index >= 15 is 0 Å². The molecule has 0 amide bonds. The van der Waals surface area contributed by atoms with Gasteiger partial charge < -0.3 is 14.7 Å². The molecule has 3 aliphatic rings. The maximum Gasteiger partial charge on any atom is 0.420 e. The van der Waals surface area contributed by atoms with E-state index in [9.17, 15) is 36.2 Å². The molecule has 1 N–H and O–H groups in total. The highest BCUT2D eigenvalue weighted by atomic mass is 19.4. The summed E-state index contributed by atoms with van der Waals surface area (Å²) < 4.78 is 87.1. The molecule has 5 rings (SSSR count). The number of aliphatic carboxylic acids is 1. The van der Waals surface area contributed by atoms with Crippen molar-refractivity contribution in [3.8, 4) is 5.75 Å². The van der Waals surface area contributed by atoms with Crippen molar-refractivity contribution >= 4 is 22.8 Å². The van der Waals surface area contributed by atoms with Gasteiger partial charge in [0.2, 0.25) is 0 Å². The molecule has 2 unspecified atom stereocenters. The Bertz CT molecular complexity index is 1220. The number of benzene rings is 2. The smallest absolute Gasteiger partial charge is 0.420 e. The van der Waals surface area contributed by atoms with Gasteiger partial charge in [-0.05, 0) is 92.3 Å². The zero-order valence-electron chi connectivity index (χ0n) is 21.3. The van der Waals surface area contributed by atoms with Gasteiger partial charge in [-0.1, -0.05) is 18.2 Å². The number of halogens is 6. The number of carboxylic acids is 1. The van der Waals surface area contributed by atoms with E-state index in [4.69, 9.17) is 4.74 Å². The van der Waals surface area contributed by atoms with Crippen molar-refractivity contribution in [2.75, 3.05) is 0 Å². The molecule has 2 aromatic rings. The van der Waals surface area contributed by atoms with Crippen molar-refractivity contribution in [3.63, 3.8) is 0 Å². The van der Waals surface area contributed by atoms with Crippen molar-refractivity contribution in [1.82, 2.24) is 4.90 Å². The first kappa shape index (κ1) is 27.6. The Kier molecular flexibility index (Phi) is 7.50. The Labute approximate surface area is 222 Å². The van der Waals surface area contributed by atoms with E-state index in [1.54, 1.807) is 18.2 Å². The minimum atomic E-state index is -4.71. The van der Waals surface area contributed by atoms with Gasteiger partial charge in [0, 0.05) is 18.3 Å². The second kappa shape index (κ2) is 10.6. The molecule has 2 aromatic carbocycles. The van der Waals surface area contributed by atoms with Gasteiger partial charge in [0.25, 0.3) is 0 Å². The van der Waals surface area contributed by atoms with E-state index in [0.717, 1.165) is 19.3 Å². The second-order valence-corrected chi connectivity index (χ2v) is 11.1. The van der Waals surface area contributed by atoms with E-state index in [2.05, 4.69) is 4.90 Å². The number of hydrogen-bond acceptors (Lipinski definition) is 3. The SMILES string of the molecule is O=C(O)C1CC2CCCC(C1)N2C=Cc1ccc2c(C(F)(F)F)c(OC3CCC(C(F)(F)F)CC3)ccc2c1. The summed E-state index contributed by atoms with van der Waals surface area (Å²) >= 11 is 0. The molecule has 2 bridgehead atoms. The van der Waals surface area contributed by atoms with Crippen LogP contribution in [0.15, 0.2) is 36.5 Å². The minimum Gasteiger partial charge on any atom is -0.490 e. The largest absolute Gasteiger partial charge is 0.490 e. The Morgan fingerprint density at radius 1 is 0.923 bits per heavy atom. The Morgan fingerprint density at radius 3 is 2.18 bits per heavy atom. The molecule has 2 saturated heterocycles. The molecule has 1 saturated carbocycles. The third-order valence-corrected chi connectivity index (χ3v) is 8.54.